The zero-order chi connectivity index (χ0) is 27.0. The van der Waals surface area contributed by atoms with E-state index in [1.54, 1.807) is 35.3 Å². The zero-order valence-electron chi connectivity index (χ0n) is 20.0. The average Bonchev–Trinajstić information content (AvgIpc) is 3.48. The van der Waals surface area contributed by atoms with Gasteiger partial charge in [-0.1, -0.05) is 26.0 Å². The lowest BCUT2D eigenvalue weighted by Gasteiger charge is -2.15. The number of fused-ring (bicyclic) bond motifs is 1. The number of alkyl halides is 3. The summed E-state index contributed by atoms with van der Waals surface area (Å²) in [6.45, 7) is 2.88. The maximum Gasteiger partial charge on any atom is 0.421 e. The predicted octanol–water partition coefficient (Wildman–Crippen LogP) is 5.85. The molecule has 1 N–H and O–H groups in total. The van der Waals surface area contributed by atoms with Gasteiger partial charge in [-0.15, -0.1) is 11.3 Å². The van der Waals surface area contributed by atoms with Crippen LogP contribution in [0, 0.1) is 11.7 Å². The Hall–Kier alpha value is -2.93. The number of nitrogens with zero attached hydrogens (tertiary/aromatic N) is 2. The molecular weight excluding hydrogens is 534 g/mol. The van der Waals surface area contributed by atoms with Crippen molar-refractivity contribution in [1.82, 2.24) is 14.3 Å². The van der Waals surface area contributed by atoms with Gasteiger partial charge >= 0.3 is 12.3 Å². The third-order valence-corrected chi connectivity index (χ3v) is 8.84. The number of halogens is 4. The predicted molar refractivity (Wildman–Crippen MR) is 129 cm³/mol. The Morgan fingerprint density at radius 3 is 2.73 bits per heavy atom. The summed E-state index contributed by atoms with van der Waals surface area (Å²) in [6.07, 6.45) is -2.08. The average molecular weight is 560 g/mol. The molecule has 0 saturated carbocycles. The van der Waals surface area contributed by atoms with Gasteiger partial charge in [0.25, 0.3) is 10.0 Å². The number of carbonyl (C=O) groups excluding carboxylic acids is 1. The Bertz CT molecular complexity index is 1400. The molecule has 1 aromatic carbocycles. The first-order valence-electron chi connectivity index (χ1n) is 11.5. The van der Waals surface area contributed by atoms with E-state index in [0.29, 0.717) is 28.8 Å². The van der Waals surface area contributed by atoms with Gasteiger partial charge in [0.2, 0.25) is 0 Å². The zero-order valence-corrected chi connectivity index (χ0v) is 21.6. The smallest absolute Gasteiger partial charge is 0.421 e. The lowest BCUT2D eigenvalue weighted by atomic mass is 9.99. The first-order chi connectivity index (χ1) is 17.3. The second-order valence-corrected chi connectivity index (χ2v) is 12.2. The summed E-state index contributed by atoms with van der Waals surface area (Å²) in [6, 6.07) is 5.90. The minimum absolute atomic E-state index is 0.188. The Morgan fingerprint density at radius 2 is 2.05 bits per heavy atom. The van der Waals surface area contributed by atoms with E-state index in [0.717, 1.165) is 23.6 Å². The lowest BCUT2D eigenvalue weighted by molar-refractivity contribution is -0.141. The number of imidazole rings is 1. The van der Waals surface area contributed by atoms with Crippen molar-refractivity contribution in [3.05, 3.63) is 58.7 Å². The molecule has 0 spiro atoms. The summed E-state index contributed by atoms with van der Waals surface area (Å²) in [7, 11) is -4.51. The van der Waals surface area contributed by atoms with Crippen molar-refractivity contribution < 1.29 is 35.5 Å². The van der Waals surface area contributed by atoms with E-state index in [4.69, 9.17) is 0 Å². The fourth-order valence-electron chi connectivity index (χ4n) is 4.27. The van der Waals surface area contributed by atoms with Crippen LogP contribution in [0.1, 0.15) is 49.0 Å². The van der Waals surface area contributed by atoms with Gasteiger partial charge in [-0.05, 0) is 36.5 Å². The summed E-state index contributed by atoms with van der Waals surface area (Å²) in [5.74, 6) is 0.544. The molecule has 0 aliphatic carbocycles. The molecule has 3 aromatic rings. The van der Waals surface area contributed by atoms with Gasteiger partial charge in [-0.25, -0.2) is 27.3 Å². The molecule has 0 saturated heterocycles. The molecular formula is C24H25F4N3O4S2. The summed E-state index contributed by atoms with van der Waals surface area (Å²) < 4.78 is 86.0. The summed E-state index contributed by atoms with van der Waals surface area (Å²) in [5, 5.41) is 0. The molecule has 3 heterocycles. The Morgan fingerprint density at radius 1 is 1.30 bits per heavy atom. The maximum atomic E-state index is 15.3. The Balaban J connectivity index is 1.62. The van der Waals surface area contributed by atoms with E-state index < -0.39 is 41.1 Å². The maximum absolute atomic E-state index is 15.3. The normalized spacial score (nSPS) is 15.7. The fraction of sp³-hybridized carbons (Fsp3) is 0.417. The monoisotopic (exact) mass is 559 g/mol. The molecule has 0 radical (unpaired) electrons. The van der Waals surface area contributed by atoms with Crippen LogP contribution in [0.2, 0.25) is 0 Å². The number of rotatable bonds is 8. The van der Waals surface area contributed by atoms with Crippen LogP contribution in [0.15, 0.2) is 40.9 Å². The highest BCUT2D eigenvalue weighted by Gasteiger charge is 2.30. The number of ether oxygens (including phenoxy) is 1. The molecule has 1 aliphatic rings. The molecule has 1 aliphatic heterocycles. The van der Waals surface area contributed by atoms with Crippen molar-refractivity contribution >= 4 is 27.5 Å². The number of benzene rings is 1. The minimum Gasteiger partial charge on any atom is -0.448 e. The number of thiophene rings is 1. The highest BCUT2D eigenvalue weighted by molar-refractivity contribution is 7.92. The van der Waals surface area contributed by atoms with E-state index in [-0.39, 0.29) is 21.7 Å². The van der Waals surface area contributed by atoms with E-state index in [1.807, 2.05) is 18.4 Å². The van der Waals surface area contributed by atoms with Crippen molar-refractivity contribution in [2.24, 2.45) is 5.92 Å². The second-order valence-electron chi connectivity index (χ2n) is 9.16. The molecule has 1 amide bonds. The number of amides is 1. The summed E-state index contributed by atoms with van der Waals surface area (Å²) in [5.41, 5.74) is 0.938. The number of aryl methyl sites for hydroxylation is 1. The molecule has 0 unspecified atom stereocenters. The van der Waals surface area contributed by atoms with Gasteiger partial charge in [0, 0.05) is 34.8 Å². The van der Waals surface area contributed by atoms with Crippen LogP contribution in [0.3, 0.4) is 0 Å². The van der Waals surface area contributed by atoms with Gasteiger partial charge in [0.05, 0.1) is 12.5 Å². The highest BCUT2D eigenvalue weighted by atomic mass is 32.2. The molecule has 0 bridgehead atoms. The van der Waals surface area contributed by atoms with Crippen molar-refractivity contribution in [2.45, 2.75) is 56.0 Å². The van der Waals surface area contributed by atoms with E-state index in [1.165, 1.54) is 6.07 Å². The summed E-state index contributed by atoms with van der Waals surface area (Å²) >= 11 is 0.914. The van der Waals surface area contributed by atoms with Crippen molar-refractivity contribution in [1.29, 1.82) is 0 Å². The van der Waals surface area contributed by atoms with E-state index in [9.17, 15) is 26.4 Å². The molecule has 2 aromatic heterocycles. The summed E-state index contributed by atoms with van der Waals surface area (Å²) in [4.78, 5) is 16.9. The topological polar surface area (TPSA) is 90.3 Å². The third-order valence-electron chi connectivity index (χ3n) is 5.84. The quantitative estimate of drug-likeness (QED) is 0.350. The first-order valence-corrected chi connectivity index (χ1v) is 13.8. The fourth-order valence-corrected chi connectivity index (χ4v) is 7.11. The van der Waals surface area contributed by atoms with Crippen LogP contribution in [-0.4, -0.2) is 36.8 Å². The van der Waals surface area contributed by atoms with E-state index >= 15 is 4.39 Å². The van der Waals surface area contributed by atoms with Crippen molar-refractivity contribution in [2.75, 3.05) is 6.61 Å². The van der Waals surface area contributed by atoms with E-state index in [2.05, 4.69) is 9.72 Å². The number of nitrogens with one attached hydrogen (secondary N) is 1. The molecule has 200 valence electrons. The van der Waals surface area contributed by atoms with Gasteiger partial charge in [0.15, 0.2) is 0 Å². The molecule has 13 heteroatoms. The molecule has 0 fully saturated rings. The van der Waals surface area contributed by atoms with Crippen LogP contribution in [-0.2, 0) is 27.6 Å². The van der Waals surface area contributed by atoms with Gasteiger partial charge in [0.1, 0.15) is 22.5 Å². The van der Waals surface area contributed by atoms with Crippen molar-refractivity contribution in [3.63, 3.8) is 0 Å². The number of aromatic nitrogens is 2. The molecule has 7 nitrogen and oxygen atoms in total. The van der Waals surface area contributed by atoms with Crippen LogP contribution < -0.4 is 4.72 Å². The number of hydrogen-bond donors (Lipinski definition) is 1. The highest BCUT2D eigenvalue weighted by Crippen LogP contribution is 2.39. The first kappa shape index (κ1) is 27.1. The van der Waals surface area contributed by atoms with Crippen LogP contribution in [0.4, 0.5) is 22.4 Å². The third kappa shape index (κ3) is 6.32. The SMILES string of the molecule is CC(C)Cc1cc(-c2ccc([C@@H]3CCc4nccn43)c(F)c2)c(S(=O)(=O)NC(=O)OCCC(F)(F)F)s1. The molecule has 1 atom stereocenters. The largest absolute Gasteiger partial charge is 0.448 e. The Kier molecular flexibility index (Phi) is 7.65. The van der Waals surface area contributed by atoms with Crippen molar-refractivity contribution in [3.8, 4) is 11.1 Å². The van der Waals surface area contributed by atoms with Crippen LogP contribution >= 0.6 is 11.3 Å². The van der Waals surface area contributed by atoms with Crippen LogP contribution in [0.5, 0.6) is 0 Å². The second kappa shape index (κ2) is 10.4. The van der Waals surface area contributed by atoms with Crippen LogP contribution in [0.25, 0.3) is 11.1 Å². The molecule has 4 rings (SSSR count). The lowest BCUT2D eigenvalue weighted by Crippen LogP contribution is -2.31. The van der Waals surface area contributed by atoms with Gasteiger partial charge < -0.3 is 9.30 Å². The Labute approximate surface area is 215 Å². The number of hydrogen-bond acceptors (Lipinski definition) is 6. The molecule has 37 heavy (non-hydrogen) atoms. The van der Waals surface area contributed by atoms with Gasteiger partial charge in [-0.3, -0.25) is 0 Å². The number of carbonyl (C=O) groups is 1. The van der Waals surface area contributed by atoms with Gasteiger partial charge in [-0.2, -0.15) is 13.2 Å². The number of sulfonamides is 1. The standard InChI is InChI=1S/C24H25F4N3O4S2/c1-14(2)11-16-13-18(22(36-16)37(33,34)30-23(32)35-10-7-24(26,27)28)15-3-4-17(19(25)12-15)20-5-6-21-29-8-9-31(20)21/h3-4,8-9,12-14,20H,5-7,10-11H2,1-2H3,(H,30,32)/t20-/m0/s1. The minimum atomic E-state index is -4.56.